The summed E-state index contributed by atoms with van der Waals surface area (Å²) in [5, 5.41) is 8.82. The quantitative estimate of drug-likeness (QED) is 0.164. The Hall–Kier alpha value is -3.45. The number of aromatic nitrogens is 4. The Morgan fingerprint density at radius 2 is 1.70 bits per heavy atom. The van der Waals surface area contributed by atoms with Crippen LogP contribution in [0.5, 0.6) is 11.6 Å². The van der Waals surface area contributed by atoms with Crippen molar-refractivity contribution in [2.24, 2.45) is 10.7 Å². The summed E-state index contributed by atoms with van der Waals surface area (Å²) < 4.78 is 25.5. The molecule has 254 valence electrons. The Labute approximate surface area is 282 Å². The van der Waals surface area contributed by atoms with Crippen LogP contribution in [0.1, 0.15) is 64.8 Å². The second kappa shape index (κ2) is 15.6. The van der Waals surface area contributed by atoms with E-state index in [1.54, 1.807) is 25.6 Å². The number of ether oxygens (including phenoxy) is 4. The standard InChI is InChI=1S/C34H47ClN8O4/c1-22(12-13-44-3)47-33-31(18-42(41-33)26-5-7-27(8-6-26)43-28-9-10-29(43)20-45-19-28)40-34-38-16-25(17-39-34)24-4-11-30(35)32(14-24)46-23(2)15-37-21-36/h4,11,14,16-18,21-23,26-29H,5-10,12-13,15,19-20H2,1-3H3,(H2,36,37)(H,38,39,40)/t22?,23-,26?,27?,28-,29+/m0/s1. The lowest BCUT2D eigenvalue weighted by Crippen LogP contribution is -2.52. The Morgan fingerprint density at radius 3 is 2.40 bits per heavy atom. The number of halogens is 1. The predicted molar refractivity (Wildman–Crippen MR) is 183 cm³/mol. The lowest BCUT2D eigenvalue weighted by atomic mass is 9.89. The number of morpholine rings is 1. The molecule has 1 unspecified atom stereocenters. The van der Waals surface area contributed by atoms with E-state index in [-0.39, 0.29) is 12.2 Å². The fourth-order valence-electron chi connectivity index (χ4n) is 7.04. The van der Waals surface area contributed by atoms with Crippen LogP contribution in [0.4, 0.5) is 11.6 Å². The molecule has 3 N–H and O–H groups in total. The lowest BCUT2D eigenvalue weighted by molar-refractivity contribution is -0.0458. The van der Waals surface area contributed by atoms with Crippen LogP contribution in [0.2, 0.25) is 5.02 Å². The van der Waals surface area contributed by atoms with Gasteiger partial charge in [-0.25, -0.2) is 9.97 Å². The normalized spacial score (nSPS) is 24.3. The summed E-state index contributed by atoms with van der Waals surface area (Å²) in [4.78, 5) is 16.1. The molecule has 1 aliphatic carbocycles. The number of aliphatic imine (C=N–C) groups is 1. The zero-order chi connectivity index (χ0) is 32.8. The van der Waals surface area contributed by atoms with Gasteiger partial charge in [0.2, 0.25) is 5.95 Å². The minimum Gasteiger partial charge on any atom is -0.487 e. The maximum absolute atomic E-state index is 6.41. The fourth-order valence-corrected chi connectivity index (χ4v) is 7.21. The molecule has 4 atom stereocenters. The van der Waals surface area contributed by atoms with Crippen molar-refractivity contribution in [3.63, 3.8) is 0 Å². The molecule has 0 amide bonds. The van der Waals surface area contributed by atoms with E-state index in [0.29, 0.717) is 59.9 Å². The molecule has 2 bridgehead atoms. The van der Waals surface area contributed by atoms with Gasteiger partial charge in [-0.1, -0.05) is 17.7 Å². The molecule has 12 nitrogen and oxygen atoms in total. The van der Waals surface area contributed by atoms with Gasteiger partial charge in [-0.15, -0.1) is 5.10 Å². The van der Waals surface area contributed by atoms with Gasteiger partial charge in [0.25, 0.3) is 5.88 Å². The van der Waals surface area contributed by atoms with Gasteiger partial charge >= 0.3 is 0 Å². The van der Waals surface area contributed by atoms with Crippen molar-refractivity contribution in [3.8, 4) is 22.8 Å². The van der Waals surface area contributed by atoms with E-state index in [0.717, 1.165) is 49.3 Å². The number of anilines is 2. The minimum atomic E-state index is -0.185. The molecule has 0 spiro atoms. The van der Waals surface area contributed by atoms with Crippen LogP contribution >= 0.6 is 11.6 Å². The van der Waals surface area contributed by atoms with Crippen LogP contribution in [0.15, 0.2) is 41.8 Å². The van der Waals surface area contributed by atoms with Crippen LogP contribution < -0.4 is 20.5 Å². The van der Waals surface area contributed by atoms with Crippen molar-refractivity contribution in [1.29, 1.82) is 0 Å². The van der Waals surface area contributed by atoms with E-state index in [1.807, 2.05) is 32.2 Å². The van der Waals surface area contributed by atoms with Gasteiger partial charge in [0.1, 0.15) is 17.5 Å². The van der Waals surface area contributed by atoms with Crippen molar-refractivity contribution in [3.05, 3.63) is 41.8 Å². The second-order valence-corrected chi connectivity index (χ2v) is 13.3. The maximum Gasteiger partial charge on any atom is 0.257 e. The fraction of sp³-hybridized carbons (Fsp3) is 0.588. The Balaban J connectivity index is 1.14. The molecule has 2 aliphatic heterocycles. The molecule has 1 saturated carbocycles. The zero-order valence-corrected chi connectivity index (χ0v) is 28.3. The van der Waals surface area contributed by atoms with Crippen LogP contribution in [0.3, 0.4) is 0 Å². The summed E-state index contributed by atoms with van der Waals surface area (Å²) in [6, 6.07) is 7.74. The molecular formula is C34H47ClN8O4. The predicted octanol–water partition coefficient (Wildman–Crippen LogP) is 5.64. The number of rotatable bonds is 14. The third-order valence-electron chi connectivity index (χ3n) is 9.46. The molecule has 3 aliphatic rings. The number of hydrogen-bond acceptors (Lipinski definition) is 10. The summed E-state index contributed by atoms with van der Waals surface area (Å²) in [5.74, 6) is 1.56. The largest absolute Gasteiger partial charge is 0.487 e. The van der Waals surface area contributed by atoms with E-state index >= 15 is 0 Å². The van der Waals surface area contributed by atoms with Gasteiger partial charge in [0.05, 0.1) is 49.5 Å². The Kier molecular flexibility index (Phi) is 11.1. The average Bonchev–Trinajstić information content (AvgIpc) is 3.59. The van der Waals surface area contributed by atoms with Crippen molar-refractivity contribution in [2.75, 3.05) is 38.8 Å². The lowest BCUT2D eigenvalue weighted by Gasteiger charge is -2.43. The van der Waals surface area contributed by atoms with Gasteiger partial charge in [-0.2, -0.15) is 0 Å². The van der Waals surface area contributed by atoms with Gasteiger partial charge < -0.3 is 30.0 Å². The smallest absolute Gasteiger partial charge is 0.257 e. The molecule has 2 saturated heterocycles. The Bertz CT molecular complexity index is 1460. The van der Waals surface area contributed by atoms with E-state index in [2.05, 4.69) is 29.9 Å². The SMILES string of the molecule is COCCC(C)Oc1nn(C2CCC(N3[C@@H]4CC[C@H]3COC4)CC2)cc1Nc1ncc(-c2ccc(Cl)c(O[C@@H](C)CN=CN)c2)cn1. The van der Waals surface area contributed by atoms with Crippen molar-refractivity contribution >= 4 is 29.6 Å². The van der Waals surface area contributed by atoms with Crippen LogP contribution in [0.25, 0.3) is 11.1 Å². The van der Waals surface area contributed by atoms with E-state index in [4.69, 9.17) is 41.4 Å². The highest BCUT2D eigenvalue weighted by Crippen LogP contribution is 2.40. The summed E-state index contributed by atoms with van der Waals surface area (Å²) in [6.45, 7) is 6.76. The summed E-state index contributed by atoms with van der Waals surface area (Å²) in [6.07, 6.45) is 14.4. The maximum atomic E-state index is 6.41. The van der Waals surface area contributed by atoms with Crippen LogP contribution in [-0.2, 0) is 9.47 Å². The highest BCUT2D eigenvalue weighted by Gasteiger charge is 2.42. The molecule has 13 heteroatoms. The number of hydrogen-bond donors (Lipinski definition) is 2. The van der Waals surface area contributed by atoms with Crippen LogP contribution in [0, 0.1) is 0 Å². The van der Waals surface area contributed by atoms with Crippen molar-refractivity contribution in [2.45, 2.75) is 95.2 Å². The van der Waals surface area contributed by atoms with Crippen molar-refractivity contribution in [1.82, 2.24) is 24.6 Å². The first-order valence-electron chi connectivity index (χ1n) is 16.8. The minimum absolute atomic E-state index is 0.0687. The van der Waals surface area contributed by atoms with Crippen LogP contribution in [-0.4, -0.2) is 94.8 Å². The second-order valence-electron chi connectivity index (χ2n) is 12.9. The third kappa shape index (κ3) is 8.17. The molecular weight excluding hydrogens is 620 g/mol. The van der Waals surface area contributed by atoms with Gasteiger partial charge in [0.15, 0.2) is 0 Å². The number of nitrogens with one attached hydrogen (secondary N) is 1. The zero-order valence-electron chi connectivity index (χ0n) is 27.6. The number of benzene rings is 1. The van der Waals surface area contributed by atoms with E-state index < -0.39 is 0 Å². The molecule has 47 heavy (non-hydrogen) atoms. The third-order valence-corrected chi connectivity index (χ3v) is 9.77. The molecule has 4 heterocycles. The van der Waals surface area contributed by atoms with Gasteiger partial charge in [0, 0.05) is 56.2 Å². The first-order chi connectivity index (χ1) is 22.9. The molecule has 3 aromatic rings. The number of nitrogens with zero attached hydrogens (tertiary/aromatic N) is 6. The summed E-state index contributed by atoms with van der Waals surface area (Å²) in [5.41, 5.74) is 7.82. The molecule has 3 fully saturated rings. The monoisotopic (exact) mass is 666 g/mol. The summed E-state index contributed by atoms with van der Waals surface area (Å²) >= 11 is 6.41. The van der Waals surface area contributed by atoms with E-state index in [1.165, 1.54) is 32.0 Å². The molecule has 0 radical (unpaired) electrons. The van der Waals surface area contributed by atoms with Gasteiger partial charge in [-0.05, 0) is 70.1 Å². The first kappa shape index (κ1) is 33.5. The van der Waals surface area contributed by atoms with Gasteiger partial charge in [-0.3, -0.25) is 14.6 Å². The van der Waals surface area contributed by atoms with Crippen molar-refractivity contribution < 1.29 is 18.9 Å². The molecule has 2 aromatic heterocycles. The number of nitrogens with two attached hydrogens (primary N) is 1. The topological polar surface area (TPSA) is 134 Å². The molecule has 1 aromatic carbocycles. The Morgan fingerprint density at radius 1 is 1.00 bits per heavy atom. The number of fused-ring (bicyclic) bond motifs is 2. The summed E-state index contributed by atoms with van der Waals surface area (Å²) in [7, 11) is 1.70. The average molecular weight is 667 g/mol. The highest BCUT2D eigenvalue weighted by molar-refractivity contribution is 6.32. The molecule has 6 rings (SSSR count). The number of methoxy groups -OCH3 is 1. The highest BCUT2D eigenvalue weighted by atomic mass is 35.5. The van der Waals surface area contributed by atoms with E-state index in [9.17, 15) is 0 Å². The first-order valence-corrected chi connectivity index (χ1v) is 17.1.